The predicted molar refractivity (Wildman–Crippen MR) is 76.5 cm³/mol. The van der Waals surface area contributed by atoms with Gasteiger partial charge in [-0.15, -0.1) is 5.10 Å². The normalized spacial score (nSPS) is 11.7. The first-order valence-electron chi connectivity index (χ1n) is 6.66. The Hall–Kier alpha value is -2.90. The summed E-state index contributed by atoms with van der Waals surface area (Å²) in [7, 11) is 0. The van der Waals surface area contributed by atoms with Gasteiger partial charge in [-0.2, -0.15) is 0 Å². The van der Waals surface area contributed by atoms with Crippen molar-refractivity contribution >= 4 is 11.9 Å². The van der Waals surface area contributed by atoms with E-state index in [0.29, 0.717) is 6.54 Å². The number of amides is 1. The van der Waals surface area contributed by atoms with Crippen LogP contribution in [0.1, 0.15) is 17.4 Å². The maximum atomic E-state index is 11.7. The molecule has 1 amide bonds. The number of nitrogens with zero attached hydrogens (tertiary/aromatic N) is 3. The van der Waals surface area contributed by atoms with Gasteiger partial charge in [-0.05, 0) is 19.1 Å². The van der Waals surface area contributed by atoms with Crippen LogP contribution in [0.3, 0.4) is 0 Å². The van der Waals surface area contributed by atoms with Crippen LogP contribution in [0.5, 0.6) is 5.75 Å². The van der Waals surface area contributed by atoms with Crippen molar-refractivity contribution in [3.8, 4) is 5.75 Å². The third kappa shape index (κ3) is 4.58. The van der Waals surface area contributed by atoms with Crippen LogP contribution >= 0.6 is 0 Å². The van der Waals surface area contributed by atoms with E-state index in [1.165, 1.54) is 10.9 Å². The van der Waals surface area contributed by atoms with E-state index in [-0.39, 0.29) is 24.2 Å². The van der Waals surface area contributed by atoms with Gasteiger partial charge in [-0.1, -0.05) is 23.4 Å². The minimum Gasteiger partial charge on any atom is -0.489 e. The lowest BCUT2D eigenvalue weighted by molar-refractivity contribution is -0.122. The summed E-state index contributed by atoms with van der Waals surface area (Å²) in [6, 6.07) is 9.29. The van der Waals surface area contributed by atoms with Gasteiger partial charge in [0.25, 0.3) is 0 Å². The van der Waals surface area contributed by atoms with Gasteiger partial charge < -0.3 is 15.2 Å². The molecule has 0 bridgehead atoms. The molecule has 1 unspecified atom stereocenters. The molecule has 0 aliphatic carbocycles. The molecule has 0 saturated heterocycles. The largest absolute Gasteiger partial charge is 0.489 e. The number of hydrogen-bond donors (Lipinski definition) is 2. The number of aromatic nitrogens is 3. The van der Waals surface area contributed by atoms with Crippen LogP contribution in [0.25, 0.3) is 0 Å². The van der Waals surface area contributed by atoms with Crippen molar-refractivity contribution < 1.29 is 19.4 Å². The minimum atomic E-state index is -1.18. The molecule has 1 heterocycles. The molecule has 22 heavy (non-hydrogen) atoms. The molecule has 0 fully saturated rings. The second-order valence-corrected chi connectivity index (χ2v) is 4.65. The number of nitrogens with one attached hydrogen (secondary N) is 1. The topological polar surface area (TPSA) is 106 Å². The highest BCUT2D eigenvalue weighted by atomic mass is 16.5. The summed E-state index contributed by atoms with van der Waals surface area (Å²) in [4.78, 5) is 22.4. The van der Waals surface area contributed by atoms with E-state index in [4.69, 9.17) is 9.84 Å². The van der Waals surface area contributed by atoms with E-state index in [9.17, 15) is 9.59 Å². The van der Waals surface area contributed by atoms with E-state index in [2.05, 4.69) is 15.6 Å². The number of para-hydroxylation sites is 1. The van der Waals surface area contributed by atoms with E-state index < -0.39 is 5.97 Å². The Morgan fingerprint density at radius 3 is 2.73 bits per heavy atom. The Balaban J connectivity index is 1.76. The Morgan fingerprint density at radius 1 is 1.36 bits per heavy atom. The highest BCUT2D eigenvalue weighted by Gasteiger charge is 2.11. The lowest BCUT2D eigenvalue weighted by Gasteiger charge is -2.15. The average molecular weight is 304 g/mol. The van der Waals surface area contributed by atoms with Crippen molar-refractivity contribution in [1.82, 2.24) is 20.3 Å². The van der Waals surface area contributed by atoms with E-state index >= 15 is 0 Å². The van der Waals surface area contributed by atoms with Gasteiger partial charge in [0.1, 0.15) is 18.4 Å². The zero-order valence-corrected chi connectivity index (χ0v) is 12.0. The first-order chi connectivity index (χ1) is 10.5. The molecular weight excluding hydrogens is 288 g/mol. The Kier molecular flexibility index (Phi) is 5.07. The molecule has 0 aliphatic heterocycles. The summed E-state index contributed by atoms with van der Waals surface area (Å²) in [5, 5.41) is 18.4. The summed E-state index contributed by atoms with van der Waals surface area (Å²) in [6.45, 7) is 2.07. The van der Waals surface area contributed by atoms with Gasteiger partial charge in [0, 0.05) is 0 Å². The van der Waals surface area contributed by atoms with Crippen LogP contribution in [-0.4, -0.2) is 44.6 Å². The summed E-state index contributed by atoms with van der Waals surface area (Å²) >= 11 is 0. The summed E-state index contributed by atoms with van der Waals surface area (Å²) in [5.74, 6) is -0.756. The Bertz CT molecular complexity index is 641. The Labute approximate surface area is 126 Å². The Morgan fingerprint density at radius 2 is 2.09 bits per heavy atom. The zero-order chi connectivity index (χ0) is 15.9. The summed E-state index contributed by atoms with van der Waals surface area (Å²) in [5.41, 5.74) is -0.200. The maximum Gasteiger partial charge on any atom is 0.358 e. The smallest absolute Gasteiger partial charge is 0.358 e. The molecular formula is C14H16N4O4. The quantitative estimate of drug-likeness (QED) is 0.774. The van der Waals surface area contributed by atoms with Crippen molar-refractivity contribution in [2.45, 2.75) is 19.6 Å². The molecule has 1 aromatic carbocycles. The molecule has 1 aromatic heterocycles. The van der Waals surface area contributed by atoms with Gasteiger partial charge in [0.05, 0.1) is 12.7 Å². The average Bonchev–Trinajstić information content (AvgIpc) is 2.95. The third-order valence-corrected chi connectivity index (χ3v) is 2.73. The number of carbonyl (C=O) groups excluding carboxylic acids is 1. The fourth-order valence-electron chi connectivity index (χ4n) is 1.71. The van der Waals surface area contributed by atoms with Gasteiger partial charge in [-0.3, -0.25) is 4.79 Å². The number of carbonyl (C=O) groups is 2. The molecule has 0 saturated carbocycles. The lowest BCUT2D eigenvalue weighted by Crippen LogP contribution is -2.35. The lowest BCUT2D eigenvalue weighted by atomic mass is 10.3. The van der Waals surface area contributed by atoms with Crippen molar-refractivity contribution in [3.05, 3.63) is 42.2 Å². The zero-order valence-electron chi connectivity index (χ0n) is 12.0. The number of aromatic carboxylic acids is 1. The first-order valence-corrected chi connectivity index (χ1v) is 6.66. The van der Waals surface area contributed by atoms with Crippen LogP contribution in [0.15, 0.2) is 36.5 Å². The van der Waals surface area contributed by atoms with Gasteiger partial charge in [-0.25, -0.2) is 9.48 Å². The van der Waals surface area contributed by atoms with Gasteiger partial charge in [0.2, 0.25) is 5.91 Å². The highest BCUT2D eigenvalue weighted by Crippen LogP contribution is 2.10. The van der Waals surface area contributed by atoms with Crippen molar-refractivity contribution in [3.63, 3.8) is 0 Å². The van der Waals surface area contributed by atoms with Crippen LogP contribution in [-0.2, 0) is 11.3 Å². The highest BCUT2D eigenvalue weighted by molar-refractivity contribution is 5.84. The van der Waals surface area contributed by atoms with Crippen molar-refractivity contribution in [2.24, 2.45) is 0 Å². The van der Waals surface area contributed by atoms with Crippen molar-refractivity contribution in [2.75, 3.05) is 6.54 Å². The molecule has 0 aliphatic rings. The molecule has 116 valence electrons. The number of carboxylic acids is 1. The SMILES string of the molecule is CC(CNC(=O)Cn1cc(C(=O)O)nn1)Oc1ccccc1. The van der Waals surface area contributed by atoms with E-state index in [1.54, 1.807) is 0 Å². The molecule has 0 spiro atoms. The van der Waals surface area contributed by atoms with Crippen LogP contribution in [0.2, 0.25) is 0 Å². The standard InChI is InChI=1S/C14H16N4O4/c1-10(22-11-5-3-2-4-6-11)7-15-13(19)9-18-8-12(14(20)21)16-17-18/h2-6,8,10H,7,9H2,1H3,(H,15,19)(H,20,21). The number of hydrogen-bond acceptors (Lipinski definition) is 5. The van der Waals surface area contributed by atoms with Crippen LogP contribution in [0.4, 0.5) is 0 Å². The fraction of sp³-hybridized carbons (Fsp3) is 0.286. The van der Waals surface area contributed by atoms with Crippen LogP contribution in [0, 0.1) is 0 Å². The van der Waals surface area contributed by atoms with Gasteiger partial charge >= 0.3 is 5.97 Å². The number of rotatable bonds is 7. The summed E-state index contributed by atoms with van der Waals surface area (Å²) < 4.78 is 6.79. The number of carboxylic acid groups (broad SMARTS) is 1. The van der Waals surface area contributed by atoms with E-state index in [0.717, 1.165) is 5.75 Å². The summed E-state index contributed by atoms with van der Waals surface area (Å²) in [6.07, 6.45) is 1.00. The van der Waals surface area contributed by atoms with Gasteiger partial charge in [0.15, 0.2) is 5.69 Å². The number of ether oxygens (including phenoxy) is 1. The molecule has 1 atom stereocenters. The third-order valence-electron chi connectivity index (χ3n) is 2.73. The molecule has 8 heteroatoms. The van der Waals surface area contributed by atoms with Crippen molar-refractivity contribution in [1.29, 1.82) is 0 Å². The van der Waals surface area contributed by atoms with E-state index in [1.807, 2.05) is 37.3 Å². The predicted octanol–water partition coefficient (Wildman–Crippen LogP) is 0.560. The molecule has 2 N–H and O–H groups in total. The molecule has 2 aromatic rings. The fourth-order valence-corrected chi connectivity index (χ4v) is 1.71. The molecule has 2 rings (SSSR count). The minimum absolute atomic E-state index is 0.0989. The second kappa shape index (κ2) is 7.21. The first kappa shape index (κ1) is 15.5. The number of benzene rings is 1. The van der Waals surface area contributed by atoms with Crippen LogP contribution < -0.4 is 10.1 Å². The monoisotopic (exact) mass is 304 g/mol. The maximum absolute atomic E-state index is 11.7. The second-order valence-electron chi connectivity index (χ2n) is 4.65. The molecule has 0 radical (unpaired) electrons. The molecule has 8 nitrogen and oxygen atoms in total.